The lowest BCUT2D eigenvalue weighted by atomic mass is 10.0. The highest BCUT2D eigenvalue weighted by atomic mass is 32.2. The highest BCUT2D eigenvalue weighted by Crippen LogP contribution is 2.26. The van der Waals surface area contributed by atoms with Gasteiger partial charge in [0.15, 0.2) is 0 Å². The molecular weight excluding hydrogens is 378 g/mol. The van der Waals surface area contributed by atoms with Crippen LogP contribution in [0.4, 0.5) is 4.79 Å². The van der Waals surface area contributed by atoms with Crippen LogP contribution < -0.4 is 15.4 Å². The molecule has 0 radical (unpaired) electrons. The minimum Gasteiger partial charge on any atom is -0.496 e. The molecular formula is C20H27N3O4S. The van der Waals surface area contributed by atoms with Crippen molar-refractivity contribution in [3.63, 3.8) is 0 Å². The predicted octanol–water partition coefficient (Wildman–Crippen LogP) is 2.81. The second-order valence-corrected chi connectivity index (χ2v) is 8.81. The topological polar surface area (TPSA) is 87.7 Å². The van der Waals surface area contributed by atoms with Crippen LogP contribution >= 0.6 is 0 Å². The number of nitrogens with zero attached hydrogens (tertiary/aromatic N) is 1. The van der Waals surface area contributed by atoms with Crippen LogP contribution in [-0.2, 0) is 16.6 Å². The summed E-state index contributed by atoms with van der Waals surface area (Å²) in [6, 6.07) is 11.7. The Labute approximate surface area is 166 Å². The van der Waals surface area contributed by atoms with Gasteiger partial charge in [0.05, 0.1) is 18.0 Å². The maximum absolute atomic E-state index is 12.4. The van der Waals surface area contributed by atoms with E-state index in [2.05, 4.69) is 10.6 Å². The van der Waals surface area contributed by atoms with Gasteiger partial charge in [0.1, 0.15) is 5.75 Å². The maximum atomic E-state index is 12.4. The zero-order valence-electron chi connectivity index (χ0n) is 16.8. The zero-order valence-corrected chi connectivity index (χ0v) is 17.6. The van der Waals surface area contributed by atoms with E-state index in [-0.39, 0.29) is 17.5 Å². The summed E-state index contributed by atoms with van der Waals surface area (Å²) in [6.45, 7) is 3.92. The molecule has 0 aromatic heterocycles. The molecule has 2 rings (SSSR count). The zero-order chi connectivity index (χ0) is 20.9. The number of hydrogen-bond donors (Lipinski definition) is 2. The van der Waals surface area contributed by atoms with Crippen molar-refractivity contribution in [3.8, 4) is 5.75 Å². The van der Waals surface area contributed by atoms with E-state index < -0.39 is 16.1 Å². The summed E-state index contributed by atoms with van der Waals surface area (Å²) in [7, 11) is 0.947. The number of carbonyl (C=O) groups is 1. The molecule has 0 aliphatic heterocycles. The molecule has 7 nitrogen and oxygen atoms in total. The van der Waals surface area contributed by atoms with Crippen molar-refractivity contribution < 1.29 is 17.9 Å². The second-order valence-electron chi connectivity index (χ2n) is 6.69. The highest BCUT2D eigenvalue weighted by Gasteiger charge is 2.21. The van der Waals surface area contributed by atoms with Crippen LogP contribution in [0.1, 0.15) is 29.7 Å². The van der Waals surface area contributed by atoms with Crippen molar-refractivity contribution in [2.24, 2.45) is 0 Å². The summed E-state index contributed by atoms with van der Waals surface area (Å²) in [5.41, 5.74) is 2.45. The highest BCUT2D eigenvalue weighted by molar-refractivity contribution is 7.89. The Hall–Kier alpha value is -2.58. The molecule has 152 valence electrons. The molecule has 1 atom stereocenters. The van der Waals surface area contributed by atoms with Gasteiger partial charge in [-0.15, -0.1) is 0 Å². The molecule has 0 aliphatic carbocycles. The lowest BCUT2D eigenvalue weighted by Crippen LogP contribution is -2.37. The number of hydrogen-bond acceptors (Lipinski definition) is 4. The van der Waals surface area contributed by atoms with E-state index in [9.17, 15) is 13.2 Å². The molecule has 0 saturated heterocycles. The lowest BCUT2D eigenvalue weighted by Gasteiger charge is -2.19. The van der Waals surface area contributed by atoms with Gasteiger partial charge in [0, 0.05) is 26.2 Å². The number of methoxy groups -OCH3 is 1. The summed E-state index contributed by atoms with van der Waals surface area (Å²) in [4.78, 5) is 12.5. The van der Waals surface area contributed by atoms with Crippen molar-refractivity contribution in [2.45, 2.75) is 31.3 Å². The van der Waals surface area contributed by atoms with Crippen LogP contribution in [0.3, 0.4) is 0 Å². The summed E-state index contributed by atoms with van der Waals surface area (Å²) in [6.07, 6.45) is 0. The van der Waals surface area contributed by atoms with Gasteiger partial charge in [-0.2, -0.15) is 0 Å². The molecule has 0 fully saturated rings. The van der Waals surface area contributed by atoms with Crippen LogP contribution in [0.25, 0.3) is 0 Å². The Kier molecular flexibility index (Phi) is 7.04. The van der Waals surface area contributed by atoms with E-state index in [1.54, 1.807) is 25.3 Å². The SMILES string of the molecule is COc1ccc(C)cc1[C@H](C)NC(=O)NCc1ccccc1S(=O)(=O)N(C)C. The molecule has 2 aromatic carbocycles. The first kappa shape index (κ1) is 21.7. The van der Waals surface area contributed by atoms with Crippen LogP contribution in [0.5, 0.6) is 5.75 Å². The van der Waals surface area contributed by atoms with Crippen LogP contribution in [0.2, 0.25) is 0 Å². The van der Waals surface area contributed by atoms with Crippen molar-refractivity contribution in [3.05, 3.63) is 59.2 Å². The predicted molar refractivity (Wildman–Crippen MR) is 109 cm³/mol. The van der Waals surface area contributed by atoms with Gasteiger partial charge < -0.3 is 15.4 Å². The molecule has 8 heteroatoms. The lowest BCUT2D eigenvalue weighted by molar-refractivity contribution is 0.237. The average molecular weight is 406 g/mol. The third kappa shape index (κ3) is 5.02. The number of nitrogens with one attached hydrogen (secondary N) is 2. The number of rotatable bonds is 7. The Morgan fingerprint density at radius 1 is 1.18 bits per heavy atom. The van der Waals surface area contributed by atoms with Crippen molar-refractivity contribution >= 4 is 16.1 Å². The van der Waals surface area contributed by atoms with Gasteiger partial charge in [0.2, 0.25) is 10.0 Å². The first-order valence-electron chi connectivity index (χ1n) is 8.86. The first-order chi connectivity index (χ1) is 13.2. The van der Waals surface area contributed by atoms with Gasteiger partial charge in [-0.05, 0) is 31.5 Å². The Balaban J connectivity index is 2.09. The van der Waals surface area contributed by atoms with Crippen molar-refractivity contribution in [1.82, 2.24) is 14.9 Å². The van der Waals surface area contributed by atoms with E-state index in [0.29, 0.717) is 11.3 Å². The maximum Gasteiger partial charge on any atom is 0.315 e. The van der Waals surface area contributed by atoms with Gasteiger partial charge in [-0.3, -0.25) is 0 Å². The van der Waals surface area contributed by atoms with Gasteiger partial charge in [-0.25, -0.2) is 17.5 Å². The number of urea groups is 1. The number of sulfonamides is 1. The fraction of sp³-hybridized carbons (Fsp3) is 0.350. The normalized spacial score (nSPS) is 12.5. The molecule has 28 heavy (non-hydrogen) atoms. The number of benzene rings is 2. The van der Waals surface area contributed by atoms with E-state index in [1.807, 2.05) is 32.0 Å². The quantitative estimate of drug-likeness (QED) is 0.741. The van der Waals surface area contributed by atoms with Crippen molar-refractivity contribution in [2.75, 3.05) is 21.2 Å². The molecule has 2 amide bonds. The monoisotopic (exact) mass is 405 g/mol. The molecule has 2 N–H and O–H groups in total. The summed E-state index contributed by atoms with van der Waals surface area (Å²) in [5.74, 6) is 0.695. The first-order valence-corrected chi connectivity index (χ1v) is 10.3. The Morgan fingerprint density at radius 3 is 2.50 bits per heavy atom. The third-order valence-corrected chi connectivity index (χ3v) is 6.29. The minimum atomic E-state index is -3.59. The molecule has 0 unspecified atom stereocenters. The second kappa shape index (κ2) is 9.07. The van der Waals surface area contributed by atoms with E-state index in [0.717, 1.165) is 15.4 Å². The number of aryl methyl sites for hydroxylation is 1. The third-order valence-electron chi connectivity index (χ3n) is 4.37. The number of carbonyl (C=O) groups excluding carboxylic acids is 1. The molecule has 0 aliphatic rings. The van der Waals surface area contributed by atoms with Gasteiger partial charge in [-0.1, -0.05) is 35.9 Å². The molecule has 0 bridgehead atoms. The number of ether oxygens (including phenoxy) is 1. The molecule has 0 saturated carbocycles. The average Bonchev–Trinajstić information content (AvgIpc) is 2.66. The standard InChI is InChI=1S/C20H27N3O4S/c1-14-10-11-18(27-5)17(12-14)15(2)22-20(24)21-13-16-8-6-7-9-19(16)28(25,26)23(3)4/h6-12,15H,13H2,1-5H3,(H2,21,22,24)/t15-/m0/s1. The van der Waals surface area contributed by atoms with E-state index in [4.69, 9.17) is 4.74 Å². The van der Waals surface area contributed by atoms with Crippen LogP contribution in [0, 0.1) is 6.92 Å². The van der Waals surface area contributed by atoms with Crippen LogP contribution in [-0.4, -0.2) is 40.0 Å². The Bertz CT molecular complexity index is 942. The number of amides is 2. The summed E-state index contributed by atoms with van der Waals surface area (Å²) in [5, 5.41) is 5.59. The van der Waals surface area contributed by atoms with Crippen molar-refractivity contribution in [1.29, 1.82) is 0 Å². The van der Waals surface area contributed by atoms with Gasteiger partial charge in [0.25, 0.3) is 0 Å². The summed E-state index contributed by atoms with van der Waals surface area (Å²) >= 11 is 0. The Morgan fingerprint density at radius 2 is 1.86 bits per heavy atom. The molecule has 2 aromatic rings. The summed E-state index contributed by atoms with van der Waals surface area (Å²) < 4.78 is 31.4. The smallest absolute Gasteiger partial charge is 0.315 e. The molecule has 0 spiro atoms. The molecule has 0 heterocycles. The largest absolute Gasteiger partial charge is 0.496 e. The fourth-order valence-electron chi connectivity index (χ4n) is 2.79. The van der Waals surface area contributed by atoms with E-state index in [1.165, 1.54) is 20.2 Å². The van der Waals surface area contributed by atoms with Crippen LogP contribution in [0.15, 0.2) is 47.4 Å². The minimum absolute atomic E-state index is 0.0900. The van der Waals surface area contributed by atoms with E-state index >= 15 is 0 Å². The van der Waals surface area contributed by atoms with Gasteiger partial charge >= 0.3 is 6.03 Å². The fourth-order valence-corrected chi connectivity index (χ4v) is 3.91.